The quantitative estimate of drug-likeness (QED) is 0.521. The summed E-state index contributed by atoms with van der Waals surface area (Å²) in [5, 5.41) is 2.54. The van der Waals surface area contributed by atoms with Gasteiger partial charge in [-0.1, -0.05) is 13.3 Å². The normalized spacial score (nSPS) is 18.1. The van der Waals surface area contributed by atoms with Crippen molar-refractivity contribution in [3.05, 3.63) is 0 Å². The first kappa shape index (κ1) is 16.1. The number of ketones is 1. The van der Waals surface area contributed by atoms with E-state index >= 15 is 0 Å². The molecule has 1 unspecified atom stereocenters. The van der Waals surface area contributed by atoms with Crippen molar-refractivity contribution in [2.45, 2.75) is 45.6 Å². The molecule has 0 aromatic carbocycles. The van der Waals surface area contributed by atoms with Crippen LogP contribution >= 0.6 is 0 Å². The van der Waals surface area contributed by atoms with E-state index in [1.54, 1.807) is 6.92 Å². The van der Waals surface area contributed by atoms with E-state index in [2.05, 4.69) is 5.32 Å². The van der Waals surface area contributed by atoms with Gasteiger partial charge in [-0.2, -0.15) is 0 Å². The van der Waals surface area contributed by atoms with Crippen molar-refractivity contribution in [2.75, 3.05) is 13.2 Å². The highest BCUT2D eigenvalue weighted by Crippen LogP contribution is 2.11. The standard InChI is InChI=1S/C13H20N2O5/c1-3-5-10-12(18)15(13(19)14-10)8-9(16)6-7-11(17)20-4-2/h10H,3-8H2,1-2H3,(H,14,19). The minimum absolute atomic E-state index is 0.0330. The summed E-state index contributed by atoms with van der Waals surface area (Å²) < 4.78 is 4.70. The number of nitrogens with zero attached hydrogens (tertiary/aromatic N) is 1. The number of amides is 3. The first-order chi connectivity index (χ1) is 9.49. The monoisotopic (exact) mass is 284 g/mol. The highest BCUT2D eigenvalue weighted by molar-refractivity contribution is 6.06. The summed E-state index contributed by atoms with van der Waals surface area (Å²) in [5.41, 5.74) is 0. The van der Waals surface area contributed by atoms with Crippen LogP contribution in [0.5, 0.6) is 0 Å². The van der Waals surface area contributed by atoms with Gasteiger partial charge < -0.3 is 10.1 Å². The second-order valence-corrected chi connectivity index (χ2v) is 4.56. The number of rotatable bonds is 8. The molecule has 0 radical (unpaired) electrons. The van der Waals surface area contributed by atoms with Gasteiger partial charge in [-0.3, -0.25) is 19.3 Å². The van der Waals surface area contributed by atoms with Gasteiger partial charge in [-0.15, -0.1) is 0 Å². The van der Waals surface area contributed by atoms with Gasteiger partial charge in [0.2, 0.25) is 0 Å². The number of Topliss-reactive ketones (excluding diaryl/α,β-unsaturated/α-hetero) is 1. The maximum atomic E-state index is 11.9. The largest absolute Gasteiger partial charge is 0.466 e. The molecule has 0 aromatic heterocycles. The molecule has 1 heterocycles. The Balaban J connectivity index is 2.43. The van der Waals surface area contributed by atoms with Crippen LogP contribution in [0.2, 0.25) is 0 Å². The summed E-state index contributed by atoms with van der Waals surface area (Å²) in [7, 11) is 0. The summed E-state index contributed by atoms with van der Waals surface area (Å²) in [6.07, 6.45) is 1.25. The van der Waals surface area contributed by atoms with E-state index in [1.165, 1.54) is 0 Å². The summed E-state index contributed by atoms with van der Waals surface area (Å²) in [6, 6.07) is -1.08. The van der Waals surface area contributed by atoms with Gasteiger partial charge in [0, 0.05) is 6.42 Å². The average molecular weight is 284 g/mol. The summed E-state index contributed by atoms with van der Waals surface area (Å²) in [4.78, 5) is 47.2. The second-order valence-electron chi connectivity index (χ2n) is 4.56. The lowest BCUT2D eigenvalue weighted by molar-refractivity contribution is -0.144. The number of hydrogen-bond acceptors (Lipinski definition) is 5. The topological polar surface area (TPSA) is 92.8 Å². The molecular weight excluding hydrogens is 264 g/mol. The van der Waals surface area contributed by atoms with E-state index in [4.69, 9.17) is 4.74 Å². The zero-order valence-electron chi connectivity index (χ0n) is 11.8. The lowest BCUT2D eigenvalue weighted by Crippen LogP contribution is -2.36. The molecule has 1 fully saturated rings. The highest BCUT2D eigenvalue weighted by atomic mass is 16.5. The maximum absolute atomic E-state index is 11.9. The number of esters is 1. The van der Waals surface area contributed by atoms with Gasteiger partial charge in [0.05, 0.1) is 19.6 Å². The first-order valence-electron chi connectivity index (χ1n) is 6.78. The van der Waals surface area contributed by atoms with Crippen LogP contribution in [-0.2, 0) is 19.1 Å². The predicted octanol–water partition coefficient (Wildman–Crippen LogP) is 0.619. The van der Waals surface area contributed by atoms with Crippen molar-refractivity contribution in [3.8, 4) is 0 Å². The molecule has 0 aromatic rings. The second kappa shape index (κ2) is 7.62. The number of carbonyl (C=O) groups excluding carboxylic acids is 4. The van der Waals surface area contributed by atoms with Gasteiger partial charge in [0.25, 0.3) is 5.91 Å². The van der Waals surface area contributed by atoms with E-state index in [-0.39, 0.29) is 37.7 Å². The number of urea groups is 1. The van der Waals surface area contributed by atoms with Gasteiger partial charge in [0.15, 0.2) is 5.78 Å². The summed E-state index contributed by atoms with van der Waals surface area (Å²) in [6.45, 7) is 3.57. The molecule has 1 aliphatic rings. The van der Waals surface area contributed by atoms with Crippen molar-refractivity contribution in [1.82, 2.24) is 10.2 Å². The Kier molecular flexibility index (Phi) is 6.14. The minimum Gasteiger partial charge on any atom is -0.466 e. The van der Waals surface area contributed by atoms with Crippen LogP contribution in [0.25, 0.3) is 0 Å². The van der Waals surface area contributed by atoms with Crippen molar-refractivity contribution >= 4 is 23.7 Å². The van der Waals surface area contributed by atoms with E-state index in [0.717, 1.165) is 11.3 Å². The van der Waals surface area contributed by atoms with E-state index in [0.29, 0.717) is 6.42 Å². The van der Waals surface area contributed by atoms with Crippen molar-refractivity contribution in [2.24, 2.45) is 0 Å². The van der Waals surface area contributed by atoms with Gasteiger partial charge in [-0.05, 0) is 13.3 Å². The van der Waals surface area contributed by atoms with E-state index in [9.17, 15) is 19.2 Å². The molecule has 1 atom stereocenters. The SMILES string of the molecule is CCCC1NC(=O)N(CC(=O)CCC(=O)OCC)C1=O. The predicted molar refractivity (Wildman–Crippen MR) is 69.8 cm³/mol. The third-order valence-corrected chi connectivity index (χ3v) is 2.93. The van der Waals surface area contributed by atoms with Crippen LogP contribution in [0.15, 0.2) is 0 Å². The molecule has 1 aliphatic heterocycles. The average Bonchev–Trinajstić information content (AvgIpc) is 2.65. The molecule has 7 nitrogen and oxygen atoms in total. The molecule has 0 bridgehead atoms. The number of nitrogens with one attached hydrogen (secondary N) is 1. The zero-order valence-corrected chi connectivity index (χ0v) is 11.8. The van der Waals surface area contributed by atoms with Crippen LogP contribution in [0, 0.1) is 0 Å². The van der Waals surface area contributed by atoms with Crippen molar-refractivity contribution in [3.63, 3.8) is 0 Å². The Morgan fingerprint density at radius 2 is 1.95 bits per heavy atom. The third kappa shape index (κ3) is 4.32. The molecule has 20 heavy (non-hydrogen) atoms. The fraction of sp³-hybridized carbons (Fsp3) is 0.692. The van der Waals surface area contributed by atoms with Crippen LogP contribution in [0.4, 0.5) is 4.79 Å². The number of imide groups is 1. The minimum atomic E-state index is -0.544. The Morgan fingerprint density at radius 1 is 1.25 bits per heavy atom. The maximum Gasteiger partial charge on any atom is 0.325 e. The Bertz CT molecular complexity index is 408. The first-order valence-corrected chi connectivity index (χ1v) is 6.78. The Labute approximate surface area is 117 Å². The molecule has 1 N–H and O–H groups in total. The van der Waals surface area contributed by atoms with E-state index < -0.39 is 18.0 Å². The van der Waals surface area contributed by atoms with Crippen LogP contribution < -0.4 is 5.32 Å². The fourth-order valence-corrected chi connectivity index (χ4v) is 1.94. The van der Waals surface area contributed by atoms with E-state index in [1.807, 2.05) is 6.92 Å². The summed E-state index contributed by atoms with van der Waals surface area (Å²) >= 11 is 0. The lowest BCUT2D eigenvalue weighted by Gasteiger charge is -2.11. The van der Waals surface area contributed by atoms with Crippen LogP contribution in [-0.4, -0.2) is 47.8 Å². The zero-order chi connectivity index (χ0) is 15.1. The number of carbonyl (C=O) groups is 4. The molecule has 1 rings (SSSR count). The lowest BCUT2D eigenvalue weighted by atomic mass is 10.1. The molecule has 0 saturated carbocycles. The molecular formula is C13H20N2O5. The molecule has 7 heteroatoms. The van der Waals surface area contributed by atoms with Gasteiger partial charge in [-0.25, -0.2) is 4.79 Å². The molecule has 3 amide bonds. The highest BCUT2D eigenvalue weighted by Gasteiger charge is 2.38. The van der Waals surface area contributed by atoms with Crippen LogP contribution in [0.1, 0.15) is 39.5 Å². The van der Waals surface area contributed by atoms with Gasteiger partial charge >= 0.3 is 12.0 Å². The molecule has 0 aliphatic carbocycles. The van der Waals surface area contributed by atoms with Gasteiger partial charge in [0.1, 0.15) is 6.04 Å². The smallest absolute Gasteiger partial charge is 0.325 e. The number of ether oxygens (including phenoxy) is 1. The fourth-order valence-electron chi connectivity index (χ4n) is 1.94. The Hall–Kier alpha value is -1.92. The molecule has 0 spiro atoms. The summed E-state index contributed by atoms with van der Waals surface area (Å²) in [5.74, 6) is -1.16. The Morgan fingerprint density at radius 3 is 2.55 bits per heavy atom. The number of hydrogen-bond donors (Lipinski definition) is 1. The van der Waals surface area contributed by atoms with Crippen molar-refractivity contribution in [1.29, 1.82) is 0 Å². The van der Waals surface area contributed by atoms with Crippen LogP contribution in [0.3, 0.4) is 0 Å². The molecule has 112 valence electrons. The molecule has 1 saturated heterocycles. The third-order valence-electron chi connectivity index (χ3n) is 2.93. The van der Waals surface area contributed by atoms with Crippen molar-refractivity contribution < 1.29 is 23.9 Å².